The largest absolute Gasteiger partial charge is 0.348 e. The zero-order chi connectivity index (χ0) is 14.7. The highest BCUT2D eigenvalue weighted by molar-refractivity contribution is 7.98. The first-order valence-electron chi connectivity index (χ1n) is 7.27. The van der Waals surface area contributed by atoms with Crippen molar-refractivity contribution in [3.63, 3.8) is 0 Å². The van der Waals surface area contributed by atoms with Crippen molar-refractivity contribution < 1.29 is 4.79 Å². The smallest absolute Gasteiger partial charge is 0.270 e. The van der Waals surface area contributed by atoms with Crippen molar-refractivity contribution in [3.05, 3.63) is 42.2 Å². The number of nitrogens with zero attached hydrogens (tertiary/aromatic N) is 2. The summed E-state index contributed by atoms with van der Waals surface area (Å²) in [7, 11) is 0. The lowest BCUT2D eigenvalue weighted by atomic mass is 10.2. The van der Waals surface area contributed by atoms with Gasteiger partial charge in [0, 0.05) is 11.7 Å². The van der Waals surface area contributed by atoms with Gasteiger partial charge in [-0.1, -0.05) is 42.8 Å². The normalized spacial score (nSPS) is 15.3. The van der Waals surface area contributed by atoms with E-state index in [9.17, 15) is 4.79 Å². The number of carbonyl (C=O) groups is 1. The number of hydrogen-bond acceptors (Lipinski definition) is 3. The summed E-state index contributed by atoms with van der Waals surface area (Å²) in [4.78, 5) is 16.9. The molecule has 1 saturated carbocycles. The Morgan fingerprint density at radius 3 is 2.67 bits per heavy atom. The lowest BCUT2D eigenvalue weighted by Crippen LogP contribution is -2.33. The summed E-state index contributed by atoms with van der Waals surface area (Å²) in [6, 6.07) is 10.2. The number of benzene rings is 1. The fraction of sp³-hybridized carbons (Fsp3) is 0.375. The van der Waals surface area contributed by atoms with Gasteiger partial charge in [-0.2, -0.15) is 0 Å². The molecule has 5 heteroatoms. The van der Waals surface area contributed by atoms with Crippen molar-refractivity contribution in [1.29, 1.82) is 0 Å². The van der Waals surface area contributed by atoms with Crippen LogP contribution in [0.15, 0.2) is 41.7 Å². The Hall–Kier alpha value is -1.75. The molecule has 0 atom stereocenters. The summed E-state index contributed by atoms with van der Waals surface area (Å²) >= 11 is 1.54. The van der Waals surface area contributed by atoms with E-state index in [1.165, 1.54) is 12.8 Å². The molecule has 2 aromatic rings. The second-order valence-corrected chi connectivity index (χ2v) is 6.03. The maximum Gasteiger partial charge on any atom is 0.270 e. The molecule has 110 valence electrons. The molecule has 1 aliphatic carbocycles. The first-order chi connectivity index (χ1) is 10.3. The van der Waals surface area contributed by atoms with Crippen LogP contribution >= 0.6 is 11.8 Å². The van der Waals surface area contributed by atoms with Gasteiger partial charge >= 0.3 is 0 Å². The minimum absolute atomic E-state index is 0.0291. The van der Waals surface area contributed by atoms with Crippen LogP contribution in [0.1, 0.15) is 36.2 Å². The van der Waals surface area contributed by atoms with Gasteiger partial charge in [0.15, 0.2) is 5.16 Å². The molecule has 1 aliphatic rings. The van der Waals surface area contributed by atoms with E-state index in [1.54, 1.807) is 18.0 Å². The summed E-state index contributed by atoms with van der Waals surface area (Å²) < 4.78 is 1.93. The predicted molar refractivity (Wildman–Crippen MR) is 85.1 cm³/mol. The van der Waals surface area contributed by atoms with Gasteiger partial charge in [-0.05, 0) is 31.2 Å². The Balaban J connectivity index is 1.91. The highest BCUT2D eigenvalue weighted by atomic mass is 32.2. The SMILES string of the molecule is CSc1ncc(C(=O)NC2CCCC2)n1-c1ccccc1. The highest BCUT2D eigenvalue weighted by Gasteiger charge is 2.22. The molecule has 1 fully saturated rings. The lowest BCUT2D eigenvalue weighted by Gasteiger charge is -2.14. The second kappa shape index (κ2) is 6.35. The molecule has 3 rings (SSSR count). The van der Waals surface area contributed by atoms with Crippen LogP contribution in [-0.4, -0.2) is 27.8 Å². The third-order valence-corrected chi connectivity index (χ3v) is 4.50. The Kier molecular flexibility index (Phi) is 4.29. The van der Waals surface area contributed by atoms with Crippen LogP contribution in [0, 0.1) is 0 Å². The second-order valence-electron chi connectivity index (χ2n) is 5.26. The number of thioether (sulfide) groups is 1. The molecule has 0 bridgehead atoms. The average molecular weight is 301 g/mol. The number of imidazole rings is 1. The summed E-state index contributed by atoms with van der Waals surface area (Å²) in [5.74, 6) is -0.0291. The number of nitrogens with one attached hydrogen (secondary N) is 1. The molecule has 1 aromatic carbocycles. The van der Waals surface area contributed by atoms with Gasteiger partial charge in [0.25, 0.3) is 5.91 Å². The van der Waals surface area contributed by atoms with Crippen LogP contribution in [0.3, 0.4) is 0 Å². The van der Waals surface area contributed by atoms with Crippen LogP contribution in [-0.2, 0) is 0 Å². The van der Waals surface area contributed by atoms with E-state index in [0.717, 1.165) is 23.7 Å². The summed E-state index contributed by atoms with van der Waals surface area (Å²) in [6.07, 6.45) is 8.22. The van der Waals surface area contributed by atoms with Crippen molar-refractivity contribution in [2.45, 2.75) is 36.9 Å². The molecule has 1 amide bonds. The quantitative estimate of drug-likeness (QED) is 0.882. The molecule has 0 aliphatic heterocycles. The van der Waals surface area contributed by atoms with Crippen molar-refractivity contribution in [3.8, 4) is 5.69 Å². The molecular formula is C16H19N3OS. The third-order valence-electron chi connectivity index (χ3n) is 3.85. The third kappa shape index (κ3) is 2.97. The van der Waals surface area contributed by atoms with Crippen LogP contribution in [0.25, 0.3) is 5.69 Å². The molecule has 0 radical (unpaired) electrons. The molecule has 21 heavy (non-hydrogen) atoms. The minimum Gasteiger partial charge on any atom is -0.348 e. The Labute approximate surface area is 129 Å². The summed E-state index contributed by atoms with van der Waals surface area (Å²) in [6.45, 7) is 0. The van der Waals surface area contributed by atoms with Gasteiger partial charge in [-0.25, -0.2) is 4.98 Å². The number of hydrogen-bond donors (Lipinski definition) is 1. The molecule has 0 spiro atoms. The van der Waals surface area contributed by atoms with Gasteiger partial charge in [0.1, 0.15) is 5.69 Å². The monoisotopic (exact) mass is 301 g/mol. The summed E-state index contributed by atoms with van der Waals surface area (Å²) in [5, 5.41) is 3.96. The molecule has 1 N–H and O–H groups in total. The van der Waals surface area contributed by atoms with Crippen molar-refractivity contribution in [2.75, 3.05) is 6.26 Å². The first kappa shape index (κ1) is 14.2. The zero-order valence-corrected chi connectivity index (χ0v) is 12.9. The highest BCUT2D eigenvalue weighted by Crippen LogP contribution is 2.23. The fourth-order valence-electron chi connectivity index (χ4n) is 2.80. The van der Waals surface area contributed by atoms with E-state index in [1.807, 2.05) is 41.2 Å². The van der Waals surface area contributed by atoms with E-state index >= 15 is 0 Å². The first-order valence-corrected chi connectivity index (χ1v) is 8.50. The summed E-state index contributed by atoms with van der Waals surface area (Å²) in [5.41, 5.74) is 1.58. The van der Waals surface area contributed by atoms with E-state index in [4.69, 9.17) is 0 Å². The van der Waals surface area contributed by atoms with E-state index in [0.29, 0.717) is 11.7 Å². The number of carbonyl (C=O) groups excluding carboxylic acids is 1. The Morgan fingerprint density at radius 1 is 1.29 bits per heavy atom. The molecule has 4 nitrogen and oxygen atoms in total. The van der Waals surface area contributed by atoms with Crippen molar-refractivity contribution >= 4 is 17.7 Å². The van der Waals surface area contributed by atoms with Crippen molar-refractivity contribution in [1.82, 2.24) is 14.9 Å². The number of amides is 1. The number of rotatable bonds is 4. The van der Waals surface area contributed by atoms with E-state index in [-0.39, 0.29) is 5.91 Å². The van der Waals surface area contributed by atoms with Crippen LogP contribution in [0.2, 0.25) is 0 Å². The Bertz CT molecular complexity index is 618. The molecule has 1 heterocycles. The fourth-order valence-corrected chi connectivity index (χ4v) is 3.34. The van der Waals surface area contributed by atoms with Gasteiger partial charge in [0.05, 0.1) is 6.20 Å². The lowest BCUT2D eigenvalue weighted by molar-refractivity contribution is 0.0930. The van der Waals surface area contributed by atoms with Gasteiger partial charge in [-0.3, -0.25) is 9.36 Å². The maximum absolute atomic E-state index is 12.5. The minimum atomic E-state index is -0.0291. The van der Waals surface area contributed by atoms with Gasteiger partial charge in [0.2, 0.25) is 0 Å². The number of aromatic nitrogens is 2. The maximum atomic E-state index is 12.5. The van der Waals surface area contributed by atoms with Gasteiger partial charge in [-0.15, -0.1) is 0 Å². The van der Waals surface area contributed by atoms with E-state index in [2.05, 4.69) is 10.3 Å². The zero-order valence-electron chi connectivity index (χ0n) is 12.1. The topological polar surface area (TPSA) is 46.9 Å². The van der Waals surface area contributed by atoms with Gasteiger partial charge < -0.3 is 5.32 Å². The number of para-hydroxylation sites is 1. The predicted octanol–water partition coefficient (Wildman–Crippen LogP) is 3.27. The molecule has 0 unspecified atom stereocenters. The Morgan fingerprint density at radius 2 is 2.00 bits per heavy atom. The van der Waals surface area contributed by atoms with Crippen LogP contribution in [0.5, 0.6) is 0 Å². The van der Waals surface area contributed by atoms with Crippen LogP contribution in [0.4, 0.5) is 0 Å². The average Bonchev–Trinajstić information content (AvgIpc) is 3.16. The molecule has 1 aromatic heterocycles. The van der Waals surface area contributed by atoms with Crippen molar-refractivity contribution in [2.24, 2.45) is 0 Å². The van der Waals surface area contributed by atoms with E-state index < -0.39 is 0 Å². The standard InChI is InChI=1S/C16H19N3OS/c1-21-16-17-11-14(15(20)18-12-7-5-6-8-12)19(16)13-9-3-2-4-10-13/h2-4,9-12H,5-8H2,1H3,(H,18,20). The molecule has 0 saturated heterocycles. The molecular weight excluding hydrogens is 282 g/mol. The van der Waals surface area contributed by atoms with Crippen LogP contribution < -0.4 is 5.32 Å².